The molecule has 0 aliphatic carbocycles. The van der Waals surface area contributed by atoms with Crippen molar-refractivity contribution < 1.29 is 8.91 Å². The van der Waals surface area contributed by atoms with Crippen LogP contribution >= 0.6 is 0 Å². The molecule has 2 aromatic heterocycles. The van der Waals surface area contributed by atoms with E-state index >= 15 is 0 Å². The molecule has 0 saturated carbocycles. The number of aromatic nitrogens is 4. The van der Waals surface area contributed by atoms with E-state index in [-0.39, 0.29) is 5.82 Å². The van der Waals surface area contributed by atoms with E-state index < -0.39 is 0 Å². The van der Waals surface area contributed by atoms with Gasteiger partial charge in [-0.3, -0.25) is 4.90 Å². The average Bonchev–Trinajstić information content (AvgIpc) is 2.97. The number of nitrogens with zero attached hydrogens (tertiary/aromatic N) is 5. The van der Waals surface area contributed by atoms with Gasteiger partial charge in [0.15, 0.2) is 5.82 Å². The van der Waals surface area contributed by atoms with Gasteiger partial charge in [0.2, 0.25) is 5.89 Å². The maximum absolute atomic E-state index is 13.6. The number of benzene rings is 1. The molecular formula is C16H16FN5O. The van der Waals surface area contributed by atoms with Crippen LogP contribution in [0.3, 0.4) is 0 Å². The lowest BCUT2D eigenvalue weighted by Gasteiger charge is -2.12. The van der Waals surface area contributed by atoms with Gasteiger partial charge in [0, 0.05) is 19.2 Å². The van der Waals surface area contributed by atoms with Crippen LogP contribution in [0.2, 0.25) is 0 Å². The van der Waals surface area contributed by atoms with Crippen molar-refractivity contribution in [2.45, 2.75) is 19.5 Å². The second-order valence-electron chi connectivity index (χ2n) is 5.25. The maximum Gasteiger partial charge on any atom is 0.240 e. The third kappa shape index (κ3) is 4.17. The van der Waals surface area contributed by atoms with Crippen LogP contribution < -0.4 is 0 Å². The van der Waals surface area contributed by atoms with Gasteiger partial charge in [-0.25, -0.2) is 14.4 Å². The fourth-order valence-corrected chi connectivity index (χ4v) is 2.21. The van der Waals surface area contributed by atoms with Crippen molar-refractivity contribution in [1.82, 2.24) is 25.0 Å². The molecule has 0 saturated heterocycles. The van der Waals surface area contributed by atoms with Crippen molar-refractivity contribution in [3.05, 3.63) is 71.6 Å². The first-order valence-electron chi connectivity index (χ1n) is 7.19. The molecule has 3 aromatic rings. The zero-order valence-electron chi connectivity index (χ0n) is 12.7. The summed E-state index contributed by atoms with van der Waals surface area (Å²) in [5.74, 6) is 0.702. The van der Waals surface area contributed by atoms with Gasteiger partial charge in [-0.1, -0.05) is 23.4 Å². The highest BCUT2D eigenvalue weighted by atomic mass is 19.1. The predicted molar refractivity (Wildman–Crippen MR) is 80.7 cm³/mol. The molecule has 6 nitrogen and oxygen atoms in total. The van der Waals surface area contributed by atoms with Crippen molar-refractivity contribution >= 4 is 0 Å². The quantitative estimate of drug-likeness (QED) is 0.695. The molecule has 0 bridgehead atoms. The van der Waals surface area contributed by atoms with E-state index in [2.05, 4.69) is 20.1 Å². The lowest BCUT2D eigenvalue weighted by atomic mass is 10.1. The van der Waals surface area contributed by atoms with Crippen LogP contribution in [0.1, 0.15) is 23.0 Å². The fourth-order valence-electron chi connectivity index (χ4n) is 2.21. The monoisotopic (exact) mass is 313 g/mol. The summed E-state index contributed by atoms with van der Waals surface area (Å²) in [7, 11) is 1.93. The van der Waals surface area contributed by atoms with Crippen LogP contribution in [0.15, 0.2) is 47.4 Å². The van der Waals surface area contributed by atoms with E-state index in [1.165, 1.54) is 12.4 Å². The van der Waals surface area contributed by atoms with Gasteiger partial charge < -0.3 is 4.52 Å². The molecule has 0 N–H and O–H groups in total. The summed E-state index contributed by atoms with van der Waals surface area (Å²) in [5, 5.41) is 3.91. The molecule has 0 fully saturated rings. The zero-order chi connectivity index (χ0) is 16.1. The largest absolute Gasteiger partial charge is 0.338 e. The molecule has 0 atom stereocenters. The van der Waals surface area contributed by atoms with Crippen LogP contribution in [0, 0.1) is 5.82 Å². The van der Waals surface area contributed by atoms with E-state index in [0.717, 1.165) is 5.69 Å². The van der Waals surface area contributed by atoms with Crippen LogP contribution in [0.4, 0.5) is 4.39 Å². The molecule has 2 heterocycles. The summed E-state index contributed by atoms with van der Waals surface area (Å²) in [6, 6.07) is 8.43. The number of rotatable bonds is 6. The summed E-state index contributed by atoms with van der Waals surface area (Å²) in [6.45, 7) is 1.14. The van der Waals surface area contributed by atoms with Crippen molar-refractivity contribution in [2.24, 2.45) is 0 Å². The van der Waals surface area contributed by atoms with E-state index in [0.29, 0.717) is 36.8 Å². The Labute approximate surface area is 133 Å². The SMILES string of the molecule is CN(Cc1ccncn1)Cc1nc(Cc2ccccc2F)no1. The minimum atomic E-state index is -0.264. The molecule has 23 heavy (non-hydrogen) atoms. The van der Waals surface area contributed by atoms with Gasteiger partial charge in [-0.15, -0.1) is 0 Å². The van der Waals surface area contributed by atoms with Crippen molar-refractivity contribution in [1.29, 1.82) is 0 Å². The lowest BCUT2D eigenvalue weighted by Crippen LogP contribution is -2.18. The molecule has 0 unspecified atom stereocenters. The molecule has 0 radical (unpaired) electrons. The Morgan fingerprint density at radius 3 is 2.83 bits per heavy atom. The van der Waals surface area contributed by atoms with Gasteiger partial charge in [-0.05, 0) is 24.7 Å². The zero-order valence-corrected chi connectivity index (χ0v) is 12.7. The van der Waals surface area contributed by atoms with Crippen molar-refractivity contribution in [2.75, 3.05) is 7.05 Å². The van der Waals surface area contributed by atoms with Crippen molar-refractivity contribution in [3.63, 3.8) is 0 Å². The number of halogens is 1. The van der Waals surface area contributed by atoms with Gasteiger partial charge in [0.25, 0.3) is 0 Å². The highest BCUT2D eigenvalue weighted by Gasteiger charge is 2.12. The maximum atomic E-state index is 13.6. The highest BCUT2D eigenvalue weighted by Crippen LogP contribution is 2.12. The normalized spacial score (nSPS) is 11.1. The van der Waals surface area contributed by atoms with Gasteiger partial charge in [0.05, 0.1) is 12.2 Å². The van der Waals surface area contributed by atoms with Crippen molar-refractivity contribution in [3.8, 4) is 0 Å². The summed E-state index contributed by atoms with van der Waals surface area (Å²) in [4.78, 5) is 14.4. The Morgan fingerprint density at radius 2 is 2.04 bits per heavy atom. The molecule has 118 valence electrons. The molecule has 0 amide bonds. The summed E-state index contributed by atoms with van der Waals surface area (Å²) < 4.78 is 18.9. The Morgan fingerprint density at radius 1 is 1.17 bits per heavy atom. The first-order valence-corrected chi connectivity index (χ1v) is 7.19. The smallest absolute Gasteiger partial charge is 0.240 e. The van der Waals surface area contributed by atoms with Crippen LogP contribution in [0.25, 0.3) is 0 Å². The molecule has 3 rings (SSSR count). The van der Waals surface area contributed by atoms with Gasteiger partial charge in [-0.2, -0.15) is 4.98 Å². The Kier molecular flexibility index (Phi) is 4.68. The standard InChI is InChI=1S/C16H16FN5O/c1-22(9-13-6-7-18-11-19-13)10-16-20-15(21-23-16)8-12-4-2-3-5-14(12)17/h2-7,11H,8-10H2,1H3. The van der Waals surface area contributed by atoms with E-state index in [1.807, 2.05) is 18.0 Å². The van der Waals surface area contributed by atoms with Crippen LogP contribution in [0.5, 0.6) is 0 Å². The van der Waals surface area contributed by atoms with E-state index in [9.17, 15) is 4.39 Å². The Bertz CT molecular complexity index is 762. The summed E-state index contributed by atoms with van der Waals surface area (Å²) >= 11 is 0. The van der Waals surface area contributed by atoms with Crippen LogP contribution in [-0.2, 0) is 19.5 Å². The summed E-state index contributed by atoms with van der Waals surface area (Å²) in [5.41, 5.74) is 1.46. The van der Waals surface area contributed by atoms with Gasteiger partial charge in [0.1, 0.15) is 12.1 Å². The average molecular weight is 313 g/mol. The summed E-state index contributed by atoms with van der Waals surface area (Å²) in [6.07, 6.45) is 3.53. The Balaban J connectivity index is 1.60. The molecule has 0 aliphatic rings. The molecular weight excluding hydrogens is 297 g/mol. The first kappa shape index (κ1) is 15.2. The lowest BCUT2D eigenvalue weighted by molar-refractivity contribution is 0.258. The molecule has 1 aromatic carbocycles. The molecule has 7 heteroatoms. The number of hydrogen-bond acceptors (Lipinski definition) is 6. The van der Waals surface area contributed by atoms with E-state index in [4.69, 9.17) is 4.52 Å². The fraction of sp³-hybridized carbons (Fsp3) is 0.250. The molecule has 0 aliphatic heterocycles. The predicted octanol–water partition coefficient (Wildman–Crippen LogP) is 2.22. The first-order chi connectivity index (χ1) is 11.2. The third-order valence-electron chi connectivity index (χ3n) is 3.30. The topological polar surface area (TPSA) is 67.9 Å². The van der Waals surface area contributed by atoms with Gasteiger partial charge >= 0.3 is 0 Å². The minimum absolute atomic E-state index is 0.264. The Hall–Kier alpha value is -2.67. The highest BCUT2D eigenvalue weighted by molar-refractivity contribution is 5.20. The molecule has 0 spiro atoms. The minimum Gasteiger partial charge on any atom is -0.338 e. The third-order valence-corrected chi connectivity index (χ3v) is 3.30. The van der Waals surface area contributed by atoms with Crippen LogP contribution in [-0.4, -0.2) is 32.1 Å². The van der Waals surface area contributed by atoms with E-state index in [1.54, 1.807) is 24.4 Å². The number of hydrogen-bond donors (Lipinski definition) is 0. The second kappa shape index (κ2) is 7.06. The second-order valence-corrected chi connectivity index (χ2v) is 5.25.